The quantitative estimate of drug-likeness (QED) is 0.519. The highest BCUT2D eigenvalue weighted by molar-refractivity contribution is 7.93. The molecule has 9 nitrogen and oxygen atoms in total. The van der Waals surface area contributed by atoms with Crippen molar-refractivity contribution in [1.29, 1.82) is 0 Å². The number of β-amino-alcohol motifs (C(OH)–C–C–N with tert-alkyl or cyclic N) is 1. The van der Waals surface area contributed by atoms with Gasteiger partial charge in [-0.05, 0) is 56.6 Å². The molecule has 0 radical (unpaired) electrons. The molecule has 1 fully saturated rings. The van der Waals surface area contributed by atoms with E-state index < -0.39 is 21.4 Å². The van der Waals surface area contributed by atoms with Crippen molar-refractivity contribution in [3.63, 3.8) is 0 Å². The molecule has 33 heavy (non-hydrogen) atoms. The maximum absolute atomic E-state index is 12.2. The van der Waals surface area contributed by atoms with Crippen LogP contribution in [-0.2, 0) is 23.1 Å². The Bertz CT molecular complexity index is 1170. The van der Waals surface area contributed by atoms with Crippen LogP contribution in [0.2, 0.25) is 0 Å². The number of rotatable bonds is 8. The summed E-state index contributed by atoms with van der Waals surface area (Å²) in [5.41, 5.74) is 3.23. The lowest BCUT2D eigenvalue weighted by Crippen LogP contribution is -2.42. The third-order valence-corrected chi connectivity index (χ3v) is 7.64. The zero-order chi connectivity index (χ0) is 23.4. The van der Waals surface area contributed by atoms with Crippen LogP contribution in [0.25, 0.3) is 0 Å². The Morgan fingerprint density at radius 2 is 2.00 bits per heavy atom. The van der Waals surface area contributed by atoms with Gasteiger partial charge in [-0.3, -0.25) is 14.6 Å². The minimum Gasteiger partial charge on any atom is -0.391 e. The van der Waals surface area contributed by atoms with Gasteiger partial charge in [-0.15, -0.1) is 5.10 Å². The molecule has 0 spiro atoms. The van der Waals surface area contributed by atoms with Crippen LogP contribution in [0, 0.1) is 0 Å². The van der Waals surface area contributed by atoms with Crippen molar-refractivity contribution in [1.82, 2.24) is 24.9 Å². The maximum Gasteiger partial charge on any atom is 0.235 e. The fourth-order valence-corrected chi connectivity index (χ4v) is 4.71. The molecular formula is C23H30N6O3S. The highest BCUT2D eigenvalue weighted by Crippen LogP contribution is 2.30. The number of aliphatic hydroxyl groups is 1. The molecule has 10 heteroatoms. The highest BCUT2D eigenvalue weighted by atomic mass is 32.2. The van der Waals surface area contributed by atoms with Crippen LogP contribution in [0.15, 0.2) is 54.9 Å². The third-order valence-electron chi connectivity index (χ3n) is 5.88. The van der Waals surface area contributed by atoms with Gasteiger partial charge >= 0.3 is 0 Å². The Kier molecular flexibility index (Phi) is 7.06. The van der Waals surface area contributed by atoms with E-state index in [1.807, 2.05) is 42.6 Å². The number of hydrogen-bond acceptors (Lipinski definition) is 7. The molecule has 1 aliphatic heterocycles. The van der Waals surface area contributed by atoms with Gasteiger partial charge in [-0.25, -0.2) is 13.1 Å². The number of nitrogens with zero attached hydrogens (tertiary/aromatic N) is 5. The summed E-state index contributed by atoms with van der Waals surface area (Å²) in [5.74, 6) is -0.0513. The van der Waals surface area contributed by atoms with Gasteiger partial charge in [0, 0.05) is 30.9 Å². The summed E-state index contributed by atoms with van der Waals surface area (Å²) in [7, 11) is -3.41. The molecule has 1 saturated heterocycles. The van der Waals surface area contributed by atoms with Crippen molar-refractivity contribution in [3.8, 4) is 0 Å². The number of nitrogens with one attached hydrogen (secondary N) is 1. The van der Waals surface area contributed by atoms with Crippen LogP contribution < -0.4 is 4.72 Å². The summed E-state index contributed by atoms with van der Waals surface area (Å²) < 4.78 is 28.8. The molecule has 1 aliphatic rings. The molecule has 0 aliphatic carbocycles. The molecule has 3 heterocycles. The van der Waals surface area contributed by atoms with Crippen LogP contribution >= 0.6 is 0 Å². The fourth-order valence-electron chi connectivity index (χ4n) is 4.02. The highest BCUT2D eigenvalue weighted by Gasteiger charge is 2.29. The average Bonchev–Trinajstić information content (AvgIpc) is 3.21. The largest absolute Gasteiger partial charge is 0.391 e. The first kappa shape index (κ1) is 23.3. The Morgan fingerprint density at radius 1 is 1.15 bits per heavy atom. The van der Waals surface area contributed by atoms with Gasteiger partial charge in [-0.1, -0.05) is 23.4 Å². The Morgan fingerprint density at radius 3 is 2.73 bits per heavy atom. The predicted molar refractivity (Wildman–Crippen MR) is 126 cm³/mol. The van der Waals surface area contributed by atoms with Crippen LogP contribution in [0.3, 0.4) is 0 Å². The van der Waals surface area contributed by atoms with E-state index in [4.69, 9.17) is 0 Å². The molecule has 0 unspecified atom stereocenters. The first-order valence-corrected chi connectivity index (χ1v) is 12.7. The number of pyridine rings is 1. The first-order valence-electron chi connectivity index (χ1n) is 11.1. The number of likely N-dealkylation sites (tertiary alicyclic amines) is 1. The van der Waals surface area contributed by atoms with E-state index in [2.05, 4.69) is 24.9 Å². The van der Waals surface area contributed by atoms with E-state index in [1.54, 1.807) is 30.8 Å². The van der Waals surface area contributed by atoms with Crippen molar-refractivity contribution >= 4 is 15.7 Å². The Labute approximate surface area is 194 Å². The second-order valence-corrected chi connectivity index (χ2v) is 11.0. The van der Waals surface area contributed by atoms with Crippen LogP contribution in [0.5, 0.6) is 0 Å². The fraction of sp³-hybridized carbons (Fsp3) is 0.435. The normalized spacial score (nSPS) is 19.6. The van der Waals surface area contributed by atoms with Crippen molar-refractivity contribution in [2.75, 3.05) is 17.8 Å². The standard InChI is InChI=1S/C23H30N6O3S/c1-17(2)33(31,32)26-19-8-5-6-18(12-19)22-9-11-28(16-23(22)30)13-21-15-29(27-25-21)14-20-7-3-4-10-24-20/h3-8,10,12,15,17,22-23,26,30H,9,11,13-14,16H2,1-2H3/t22-,23-/m0/s1. The summed E-state index contributed by atoms with van der Waals surface area (Å²) in [4.78, 5) is 6.48. The lowest BCUT2D eigenvalue weighted by Gasteiger charge is -2.36. The summed E-state index contributed by atoms with van der Waals surface area (Å²) in [5, 5.41) is 18.8. The van der Waals surface area contributed by atoms with Crippen molar-refractivity contribution in [2.45, 2.75) is 50.6 Å². The molecule has 1 aromatic carbocycles. The predicted octanol–water partition coefficient (Wildman–Crippen LogP) is 2.22. The zero-order valence-corrected chi connectivity index (χ0v) is 19.7. The van der Waals surface area contributed by atoms with Gasteiger partial charge in [0.15, 0.2) is 0 Å². The van der Waals surface area contributed by atoms with Gasteiger partial charge in [0.1, 0.15) is 0 Å². The molecule has 0 saturated carbocycles. The first-order chi connectivity index (χ1) is 15.8. The topological polar surface area (TPSA) is 113 Å². The van der Waals surface area contributed by atoms with E-state index in [9.17, 15) is 13.5 Å². The summed E-state index contributed by atoms with van der Waals surface area (Å²) in [6, 6.07) is 13.1. The summed E-state index contributed by atoms with van der Waals surface area (Å²) >= 11 is 0. The number of hydrogen-bond donors (Lipinski definition) is 2. The maximum atomic E-state index is 12.2. The zero-order valence-electron chi connectivity index (χ0n) is 18.9. The monoisotopic (exact) mass is 470 g/mol. The molecule has 3 aromatic rings. The molecular weight excluding hydrogens is 440 g/mol. The minimum absolute atomic E-state index is 0.0513. The number of aromatic nitrogens is 4. The van der Waals surface area contributed by atoms with Crippen molar-refractivity contribution in [2.24, 2.45) is 0 Å². The third kappa shape index (κ3) is 5.95. The molecule has 2 aromatic heterocycles. The lowest BCUT2D eigenvalue weighted by atomic mass is 9.87. The van der Waals surface area contributed by atoms with Gasteiger partial charge in [-0.2, -0.15) is 0 Å². The summed E-state index contributed by atoms with van der Waals surface area (Å²) in [6.45, 7) is 5.78. The lowest BCUT2D eigenvalue weighted by molar-refractivity contribution is 0.0471. The van der Waals surface area contributed by atoms with E-state index in [-0.39, 0.29) is 5.92 Å². The van der Waals surface area contributed by atoms with E-state index in [0.29, 0.717) is 25.3 Å². The van der Waals surface area contributed by atoms with Crippen LogP contribution in [0.4, 0.5) is 5.69 Å². The average molecular weight is 471 g/mol. The van der Waals surface area contributed by atoms with E-state index in [0.717, 1.165) is 29.9 Å². The smallest absolute Gasteiger partial charge is 0.235 e. The van der Waals surface area contributed by atoms with Crippen molar-refractivity contribution in [3.05, 3.63) is 71.8 Å². The molecule has 4 rings (SSSR count). The van der Waals surface area contributed by atoms with Crippen LogP contribution in [0.1, 0.15) is 43.1 Å². The number of piperidine rings is 1. The molecule has 2 N–H and O–H groups in total. The molecule has 2 atom stereocenters. The van der Waals surface area contributed by atoms with Gasteiger partial charge < -0.3 is 5.11 Å². The number of anilines is 1. The molecule has 176 valence electrons. The number of benzene rings is 1. The Hall–Kier alpha value is -2.82. The molecule has 0 bridgehead atoms. The van der Waals surface area contributed by atoms with Gasteiger partial charge in [0.25, 0.3) is 0 Å². The van der Waals surface area contributed by atoms with Crippen molar-refractivity contribution < 1.29 is 13.5 Å². The van der Waals surface area contributed by atoms with Gasteiger partial charge in [0.2, 0.25) is 10.0 Å². The summed E-state index contributed by atoms with van der Waals surface area (Å²) in [6.07, 6.45) is 3.88. The Balaban J connectivity index is 1.35. The second kappa shape index (κ2) is 9.98. The minimum atomic E-state index is -3.41. The number of sulfonamides is 1. The van der Waals surface area contributed by atoms with E-state index >= 15 is 0 Å². The number of aliphatic hydroxyl groups excluding tert-OH is 1. The van der Waals surface area contributed by atoms with Crippen LogP contribution in [-0.4, -0.2) is 62.8 Å². The van der Waals surface area contributed by atoms with E-state index in [1.165, 1.54) is 0 Å². The second-order valence-electron chi connectivity index (χ2n) is 8.75. The molecule has 0 amide bonds. The van der Waals surface area contributed by atoms with Gasteiger partial charge in [0.05, 0.1) is 35.5 Å². The SMILES string of the molecule is CC(C)S(=O)(=O)Nc1cccc([C@@H]2CCN(Cc3cn(Cc4ccccn4)nn3)C[C@@H]2O)c1.